The summed E-state index contributed by atoms with van der Waals surface area (Å²) in [5.74, 6) is -0.441. The predicted molar refractivity (Wildman–Crippen MR) is 77.0 cm³/mol. The fourth-order valence-corrected chi connectivity index (χ4v) is 2.08. The smallest absolute Gasteiger partial charge is 0.236 e. The summed E-state index contributed by atoms with van der Waals surface area (Å²) in [5, 5.41) is 9.06. The zero-order valence-corrected chi connectivity index (χ0v) is 12.1. The molecule has 0 aromatic heterocycles. The fourth-order valence-electron chi connectivity index (χ4n) is 2.08. The van der Waals surface area contributed by atoms with E-state index in [0.29, 0.717) is 23.4 Å². The van der Waals surface area contributed by atoms with Crippen molar-refractivity contribution in [3.05, 3.63) is 29.3 Å². The van der Waals surface area contributed by atoms with E-state index in [4.69, 9.17) is 11.0 Å². The molecule has 0 unspecified atom stereocenters. The molecule has 0 bridgehead atoms. The molecular formula is C15H20FN3O. The number of hydrogen-bond acceptors (Lipinski definition) is 3. The van der Waals surface area contributed by atoms with Crippen LogP contribution in [0.25, 0.3) is 0 Å². The van der Waals surface area contributed by atoms with Crippen LogP contribution < -0.4 is 10.6 Å². The topological polar surface area (TPSA) is 70.1 Å². The first kappa shape index (κ1) is 16.0. The van der Waals surface area contributed by atoms with Gasteiger partial charge in [-0.2, -0.15) is 5.26 Å². The molecule has 0 heterocycles. The van der Waals surface area contributed by atoms with E-state index in [0.717, 1.165) is 6.42 Å². The molecule has 1 aromatic rings. The summed E-state index contributed by atoms with van der Waals surface area (Å²) < 4.78 is 14.2. The van der Waals surface area contributed by atoms with Gasteiger partial charge in [-0.05, 0) is 38.5 Å². The van der Waals surface area contributed by atoms with E-state index in [2.05, 4.69) is 0 Å². The van der Waals surface area contributed by atoms with E-state index in [1.165, 1.54) is 13.8 Å². The zero-order valence-electron chi connectivity index (χ0n) is 12.1. The van der Waals surface area contributed by atoms with Gasteiger partial charge in [0.2, 0.25) is 5.91 Å². The molecule has 5 heteroatoms. The second-order valence-corrected chi connectivity index (χ2v) is 5.20. The molecule has 0 saturated carbocycles. The van der Waals surface area contributed by atoms with Crippen molar-refractivity contribution in [3.8, 4) is 6.07 Å². The van der Waals surface area contributed by atoms with Crippen LogP contribution in [0.5, 0.6) is 0 Å². The zero-order chi connectivity index (χ0) is 15.3. The first-order chi connectivity index (χ1) is 9.29. The van der Waals surface area contributed by atoms with Gasteiger partial charge in [0.05, 0.1) is 18.2 Å². The van der Waals surface area contributed by atoms with Crippen molar-refractivity contribution in [2.24, 2.45) is 5.73 Å². The van der Waals surface area contributed by atoms with Crippen molar-refractivity contribution in [1.82, 2.24) is 0 Å². The third-order valence-corrected chi connectivity index (χ3v) is 2.97. The molecule has 1 aromatic carbocycles. The molecule has 0 atom stereocenters. The normalized spacial score (nSPS) is 10.9. The molecule has 0 saturated heterocycles. The van der Waals surface area contributed by atoms with Crippen LogP contribution >= 0.6 is 0 Å². The summed E-state index contributed by atoms with van der Waals surface area (Å²) in [6.45, 7) is 5.51. The maximum absolute atomic E-state index is 14.2. The Hall–Kier alpha value is -2.09. The van der Waals surface area contributed by atoms with Gasteiger partial charge in [0.1, 0.15) is 5.67 Å². The minimum Gasteiger partial charge on any atom is -0.368 e. The number of nitrogens with two attached hydrogens (primary N) is 1. The number of primary amides is 1. The third-order valence-electron chi connectivity index (χ3n) is 2.97. The van der Waals surface area contributed by atoms with Gasteiger partial charge in [-0.15, -0.1) is 0 Å². The van der Waals surface area contributed by atoms with Gasteiger partial charge in [-0.25, -0.2) is 4.39 Å². The lowest BCUT2D eigenvalue weighted by Gasteiger charge is -2.25. The van der Waals surface area contributed by atoms with Gasteiger partial charge in [0.15, 0.2) is 0 Å². The number of alkyl halides is 1. The number of benzene rings is 1. The Balaban J connectivity index is 3.24. The van der Waals surface area contributed by atoms with Crippen molar-refractivity contribution in [3.63, 3.8) is 0 Å². The van der Waals surface area contributed by atoms with Crippen LogP contribution in [0.4, 0.5) is 10.1 Å². The molecule has 108 valence electrons. The van der Waals surface area contributed by atoms with Crippen LogP contribution in [0.15, 0.2) is 18.2 Å². The quantitative estimate of drug-likeness (QED) is 0.868. The Morgan fingerprint density at radius 2 is 2.15 bits per heavy atom. The van der Waals surface area contributed by atoms with Crippen LogP contribution in [0.3, 0.4) is 0 Å². The summed E-state index contributed by atoms with van der Waals surface area (Å²) in [4.78, 5) is 12.9. The third kappa shape index (κ3) is 3.95. The van der Waals surface area contributed by atoms with E-state index in [1.54, 1.807) is 23.1 Å². The Morgan fingerprint density at radius 1 is 1.50 bits per heavy atom. The van der Waals surface area contributed by atoms with Crippen LogP contribution in [0.2, 0.25) is 0 Å². The van der Waals surface area contributed by atoms with E-state index < -0.39 is 11.6 Å². The monoisotopic (exact) mass is 277 g/mol. The number of rotatable bonds is 6. The summed E-state index contributed by atoms with van der Waals surface area (Å²) in [6.07, 6.45) is 0.835. The number of hydrogen-bond donors (Lipinski definition) is 1. The Labute approximate surface area is 119 Å². The molecule has 0 aliphatic carbocycles. The number of nitriles is 1. The minimum atomic E-state index is -1.62. The first-order valence-corrected chi connectivity index (χ1v) is 6.56. The lowest BCUT2D eigenvalue weighted by molar-refractivity contribution is -0.116. The molecule has 4 nitrogen and oxygen atoms in total. The highest BCUT2D eigenvalue weighted by molar-refractivity contribution is 5.79. The molecular weight excluding hydrogens is 257 g/mol. The van der Waals surface area contributed by atoms with Crippen LogP contribution in [-0.2, 0) is 10.5 Å². The van der Waals surface area contributed by atoms with Crippen LogP contribution in [0.1, 0.15) is 38.3 Å². The molecule has 0 radical (unpaired) electrons. The number of amides is 1. The summed E-state index contributed by atoms with van der Waals surface area (Å²) >= 11 is 0. The Kier molecular flexibility index (Phi) is 5.09. The summed E-state index contributed by atoms with van der Waals surface area (Å²) in [5.41, 5.74) is 4.94. The van der Waals surface area contributed by atoms with Crippen molar-refractivity contribution in [2.45, 2.75) is 32.9 Å². The molecule has 0 fully saturated rings. The second-order valence-electron chi connectivity index (χ2n) is 5.20. The minimum absolute atomic E-state index is 0.0753. The van der Waals surface area contributed by atoms with Crippen molar-refractivity contribution < 1.29 is 9.18 Å². The van der Waals surface area contributed by atoms with E-state index in [1.807, 2.05) is 13.0 Å². The maximum atomic E-state index is 14.2. The number of halogens is 1. The van der Waals surface area contributed by atoms with Crippen LogP contribution in [0, 0.1) is 11.3 Å². The van der Waals surface area contributed by atoms with E-state index in [-0.39, 0.29) is 6.54 Å². The summed E-state index contributed by atoms with van der Waals surface area (Å²) in [7, 11) is 0. The first-order valence-electron chi connectivity index (χ1n) is 6.56. The van der Waals surface area contributed by atoms with Crippen molar-refractivity contribution in [1.29, 1.82) is 5.26 Å². The highest BCUT2D eigenvalue weighted by Gasteiger charge is 2.24. The number of carbonyl (C=O) groups excluding carboxylic acids is 1. The summed E-state index contributed by atoms with van der Waals surface area (Å²) in [6, 6.07) is 6.91. The van der Waals surface area contributed by atoms with Gasteiger partial charge in [0, 0.05) is 17.8 Å². The highest BCUT2D eigenvalue weighted by Crippen LogP contribution is 2.31. The van der Waals surface area contributed by atoms with Gasteiger partial charge in [-0.1, -0.05) is 6.92 Å². The van der Waals surface area contributed by atoms with Crippen molar-refractivity contribution >= 4 is 11.6 Å². The predicted octanol–water partition coefficient (Wildman–Crippen LogP) is 2.46. The van der Waals surface area contributed by atoms with Gasteiger partial charge < -0.3 is 10.6 Å². The number of nitrogens with zero attached hydrogens (tertiary/aromatic N) is 2. The highest BCUT2D eigenvalue weighted by atomic mass is 19.1. The largest absolute Gasteiger partial charge is 0.368 e. The average molecular weight is 277 g/mol. The van der Waals surface area contributed by atoms with Gasteiger partial charge in [-0.3, -0.25) is 4.79 Å². The Bertz CT molecular complexity index is 529. The van der Waals surface area contributed by atoms with Gasteiger partial charge >= 0.3 is 0 Å². The number of anilines is 1. The fraction of sp³-hybridized carbons (Fsp3) is 0.467. The van der Waals surface area contributed by atoms with E-state index in [9.17, 15) is 9.18 Å². The molecule has 0 aliphatic rings. The lowest BCUT2D eigenvalue weighted by atomic mass is 9.94. The molecule has 1 amide bonds. The maximum Gasteiger partial charge on any atom is 0.236 e. The molecule has 1 rings (SSSR count). The van der Waals surface area contributed by atoms with E-state index >= 15 is 0 Å². The molecule has 0 aliphatic heterocycles. The second kappa shape index (κ2) is 6.38. The van der Waals surface area contributed by atoms with Gasteiger partial charge in [0.25, 0.3) is 0 Å². The van der Waals surface area contributed by atoms with Crippen molar-refractivity contribution in [2.75, 3.05) is 18.0 Å². The Morgan fingerprint density at radius 3 is 2.60 bits per heavy atom. The molecule has 2 N–H and O–H groups in total. The standard InChI is InChI=1S/C15H20FN3O/c1-4-7-19(10-14(18)20)12-6-5-11(9-17)13(8-12)15(2,3)16/h5-6,8H,4,7,10H2,1-3H3,(H2,18,20). The molecule has 0 spiro atoms. The molecule has 20 heavy (non-hydrogen) atoms. The lowest BCUT2D eigenvalue weighted by Crippen LogP contribution is -2.34. The number of carbonyl (C=O) groups is 1. The average Bonchev–Trinajstić information content (AvgIpc) is 2.36. The van der Waals surface area contributed by atoms with Crippen LogP contribution in [-0.4, -0.2) is 19.0 Å². The SMILES string of the molecule is CCCN(CC(N)=O)c1ccc(C#N)c(C(C)(C)F)c1.